The zero-order chi connectivity index (χ0) is 15.4. The number of ether oxygens (including phenoxy) is 1. The third-order valence-electron chi connectivity index (χ3n) is 3.51. The molecule has 0 bridgehead atoms. The van der Waals surface area contributed by atoms with Gasteiger partial charge in [-0.2, -0.15) is 0 Å². The van der Waals surface area contributed by atoms with Gasteiger partial charge in [-0.25, -0.2) is 0 Å². The Balaban J connectivity index is 2.28. The first-order valence-electron chi connectivity index (χ1n) is 7.27. The predicted molar refractivity (Wildman–Crippen MR) is 90.6 cm³/mol. The van der Waals surface area contributed by atoms with E-state index < -0.39 is 0 Å². The van der Waals surface area contributed by atoms with Gasteiger partial charge >= 0.3 is 0 Å². The van der Waals surface area contributed by atoms with Gasteiger partial charge in [-0.3, -0.25) is 0 Å². The number of anilines is 1. The van der Waals surface area contributed by atoms with E-state index in [0.717, 1.165) is 11.4 Å². The van der Waals surface area contributed by atoms with Crippen LogP contribution in [0.3, 0.4) is 0 Å². The molecule has 0 amide bonds. The first kappa shape index (κ1) is 15.7. The summed E-state index contributed by atoms with van der Waals surface area (Å²) in [5, 5.41) is 4.21. The van der Waals surface area contributed by atoms with Crippen molar-refractivity contribution in [2.45, 2.75) is 33.7 Å². The van der Waals surface area contributed by atoms with Crippen LogP contribution in [0.5, 0.6) is 5.75 Å². The Kier molecular flexibility index (Phi) is 5.13. The molecule has 0 fully saturated rings. The third-order valence-corrected chi connectivity index (χ3v) is 3.75. The number of aryl methyl sites for hydroxylation is 2. The van der Waals surface area contributed by atoms with E-state index in [0.29, 0.717) is 11.6 Å². The first-order chi connectivity index (χ1) is 10.0. The van der Waals surface area contributed by atoms with Gasteiger partial charge in [0.1, 0.15) is 5.75 Å². The van der Waals surface area contributed by atoms with Crippen LogP contribution in [0.25, 0.3) is 0 Å². The Hall–Kier alpha value is -1.67. The molecule has 21 heavy (non-hydrogen) atoms. The zero-order valence-electron chi connectivity index (χ0n) is 13.0. The summed E-state index contributed by atoms with van der Waals surface area (Å²) in [5.41, 5.74) is 4.76. The largest absolute Gasteiger partial charge is 0.492 e. The highest BCUT2D eigenvalue weighted by molar-refractivity contribution is 6.30. The van der Waals surface area contributed by atoms with Crippen LogP contribution in [0, 0.1) is 13.8 Å². The van der Waals surface area contributed by atoms with E-state index in [1.807, 2.05) is 25.1 Å². The van der Waals surface area contributed by atoms with Crippen LogP contribution in [0.4, 0.5) is 5.69 Å². The zero-order valence-corrected chi connectivity index (χ0v) is 13.8. The second-order valence-corrected chi connectivity index (χ2v) is 5.74. The summed E-state index contributed by atoms with van der Waals surface area (Å²) >= 11 is 6.11. The van der Waals surface area contributed by atoms with Crippen LogP contribution in [-0.2, 0) is 0 Å². The third kappa shape index (κ3) is 3.92. The first-order valence-corrected chi connectivity index (χ1v) is 7.65. The molecule has 2 nitrogen and oxygen atoms in total. The quantitative estimate of drug-likeness (QED) is 0.784. The standard InChI is InChI=1S/C18H22ClNO/c1-5-21-18-9-8-15(19)11-17(18)20-14(4)16-10-12(2)6-7-13(16)3/h6-11,14,20H,5H2,1-4H3. The minimum atomic E-state index is 0.183. The number of rotatable bonds is 5. The van der Waals surface area contributed by atoms with Crippen LogP contribution in [0.15, 0.2) is 36.4 Å². The highest BCUT2D eigenvalue weighted by Gasteiger charge is 2.12. The van der Waals surface area contributed by atoms with E-state index in [-0.39, 0.29) is 6.04 Å². The molecule has 0 aliphatic carbocycles. The summed E-state index contributed by atoms with van der Waals surface area (Å²) in [6.45, 7) is 9.01. The maximum absolute atomic E-state index is 6.11. The molecule has 0 saturated carbocycles. The lowest BCUT2D eigenvalue weighted by Gasteiger charge is -2.20. The van der Waals surface area contributed by atoms with Crippen LogP contribution in [0.1, 0.15) is 36.6 Å². The van der Waals surface area contributed by atoms with E-state index in [1.165, 1.54) is 16.7 Å². The molecule has 0 heterocycles. The average molecular weight is 304 g/mol. The number of hydrogen-bond acceptors (Lipinski definition) is 2. The average Bonchev–Trinajstić information content (AvgIpc) is 2.44. The molecule has 2 aromatic carbocycles. The normalized spacial score (nSPS) is 12.0. The molecule has 0 spiro atoms. The Morgan fingerprint density at radius 3 is 2.62 bits per heavy atom. The maximum Gasteiger partial charge on any atom is 0.142 e. The fraction of sp³-hybridized carbons (Fsp3) is 0.333. The molecule has 0 radical (unpaired) electrons. The molecule has 112 valence electrons. The maximum atomic E-state index is 6.11. The lowest BCUT2D eigenvalue weighted by Crippen LogP contribution is -2.10. The second kappa shape index (κ2) is 6.86. The van der Waals surface area contributed by atoms with Crippen molar-refractivity contribution in [1.29, 1.82) is 0 Å². The topological polar surface area (TPSA) is 21.3 Å². The van der Waals surface area contributed by atoms with Gasteiger partial charge in [-0.05, 0) is 57.0 Å². The molecule has 2 rings (SSSR count). The number of hydrogen-bond donors (Lipinski definition) is 1. The summed E-state index contributed by atoms with van der Waals surface area (Å²) in [6.07, 6.45) is 0. The minimum Gasteiger partial charge on any atom is -0.492 e. The molecule has 0 aliphatic rings. The van der Waals surface area contributed by atoms with Gasteiger partial charge in [0.2, 0.25) is 0 Å². The van der Waals surface area contributed by atoms with Gasteiger partial charge in [-0.15, -0.1) is 0 Å². The van der Waals surface area contributed by atoms with Crippen molar-refractivity contribution in [2.75, 3.05) is 11.9 Å². The molecule has 2 aromatic rings. The van der Waals surface area contributed by atoms with Crippen LogP contribution in [0.2, 0.25) is 5.02 Å². The van der Waals surface area contributed by atoms with Gasteiger partial charge in [0.15, 0.2) is 0 Å². The van der Waals surface area contributed by atoms with E-state index in [4.69, 9.17) is 16.3 Å². The number of halogens is 1. The molecular weight excluding hydrogens is 282 g/mol. The molecule has 1 atom stereocenters. The molecule has 0 aromatic heterocycles. The van der Waals surface area contributed by atoms with Crippen molar-refractivity contribution in [1.82, 2.24) is 0 Å². The fourth-order valence-corrected chi connectivity index (χ4v) is 2.61. The van der Waals surface area contributed by atoms with Gasteiger partial charge in [0.05, 0.1) is 12.3 Å². The lowest BCUT2D eigenvalue weighted by molar-refractivity contribution is 0.341. The lowest BCUT2D eigenvalue weighted by atomic mass is 10.00. The SMILES string of the molecule is CCOc1ccc(Cl)cc1NC(C)c1cc(C)ccc1C. The second-order valence-electron chi connectivity index (χ2n) is 5.30. The highest BCUT2D eigenvalue weighted by atomic mass is 35.5. The van der Waals surface area contributed by atoms with Gasteiger partial charge < -0.3 is 10.1 Å². The van der Waals surface area contributed by atoms with Crippen LogP contribution < -0.4 is 10.1 Å². The van der Waals surface area contributed by atoms with E-state index >= 15 is 0 Å². The Labute approximate surface area is 132 Å². The monoisotopic (exact) mass is 303 g/mol. The van der Waals surface area contributed by atoms with Crippen LogP contribution >= 0.6 is 11.6 Å². The molecule has 1 N–H and O–H groups in total. The smallest absolute Gasteiger partial charge is 0.142 e. The van der Waals surface area contributed by atoms with E-state index in [1.54, 1.807) is 0 Å². The van der Waals surface area contributed by atoms with Crippen molar-refractivity contribution in [2.24, 2.45) is 0 Å². The molecule has 0 saturated heterocycles. The molecular formula is C18H22ClNO. The van der Waals surface area contributed by atoms with Crippen molar-refractivity contribution in [3.63, 3.8) is 0 Å². The van der Waals surface area contributed by atoms with Gasteiger partial charge in [-0.1, -0.05) is 35.4 Å². The van der Waals surface area contributed by atoms with Crippen molar-refractivity contribution in [3.8, 4) is 5.75 Å². The fourth-order valence-electron chi connectivity index (χ4n) is 2.43. The van der Waals surface area contributed by atoms with E-state index in [2.05, 4.69) is 44.3 Å². The molecule has 3 heteroatoms. The summed E-state index contributed by atoms with van der Waals surface area (Å²) in [7, 11) is 0. The summed E-state index contributed by atoms with van der Waals surface area (Å²) in [4.78, 5) is 0. The van der Waals surface area contributed by atoms with Crippen LogP contribution in [-0.4, -0.2) is 6.61 Å². The highest BCUT2D eigenvalue weighted by Crippen LogP contribution is 2.32. The summed E-state index contributed by atoms with van der Waals surface area (Å²) in [5.74, 6) is 0.832. The summed E-state index contributed by atoms with van der Waals surface area (Å²) < 4.78 is 5.66. The Morgan fingerprint density at radius 1 is 1.14 bits per heavy atom. The Morgan fingerprint density at radius 2 is 1.90 bits per heavy atom. The van der Waals surface area contributed by atoms with E-state index in [9.17, 15) is 0 Å². The van der Waals surface area contributed by atoms with Gasteiger partial charge in [0, 0.05) is 11.1 Å². The number of nitrogens with one attached hydrogen (secondary N) is 1. The number of benzene rings is 2. The van der Waals surface area contributed by atoms with Crippen molar-refractivity contribution in [3.05, 3.63) is 58.1 Å². The molecule has 0 aliphatic heterocycles. The van der Waals surface area contributed by atoms with Gasteiger partial charge in [0.25, 0.3) is 0 Å². The minimum absolute atomic E-state index is 0.183. The molecule has 1 unspecified atom stereocenters. The van der Waals surface area contributed by atoms with Crippen molar-refractivity contribution >= 4 is 17.3 Å². The Bertz CT molecular complexity index is 625. The van der Waals surface area contributed by atoms with Crippen molar-refractivity contribution < 1.29 is 4.74 Å². The predicted octanol–water partition coefficient (Wildman–Crippen LogP) is 5.53. The summed E-state index contributed by atoms with van der Waals surface area (Å²) in [6, 6.07) is 12.4.